The first-order valence-corrected chi connectivity index (χ1v) is 6.23. The third kappa shape index (κ3) is 3.37. The van der Waals surface area contributed by atoms with Gasteiger partial charge in [-0.15, -0.1) is 11.3 Å². The highest BCUT2D eigenvalue weighted by molar-refractivity contribution is 9.08. The second-order valence-electron chi connectivity index (χ2n) is 3.30. The first-order valence-electron chi connectivity index (χ1n) is 4.29. The van der Waals surface area contributed by atoms with Crippen molar-refractivity contribution < 1.29 is 0 Å². The Morgan fingerprint density at radius 2 is 2.15 bits per heavy atom. The highest BCUT2D eigenvalue weighted by atomic mass is 79.9. The molecule has 0 fully saturated rings. The van der Waals surface area contributed by atoms with E-state index in [1.165, 1.54) is 15.6 Å². The van der Waals surface area contributed by atoms with E-state index in [9.17, 15) is 0 Å². The van der Waals surface area contributed by atoms with Crippen molar-refractivity contribution in [2.75, 3.05) is 20.6 Å². The van der Waals surface area contributed by atoms with E-state index in [2.05, 4.69) is 46.8 Å². The van der Waals surface area contributed by atoms with Gasteiger partial charge < -0.3 is 4.90 Å². The Balaban J connectivity index is 2.57. The van der Waals surface area contributed by atoms with Crippen LogP contribution in [0.5, 0.6) is 0 Å². The molecule has 0 bridgehead atoms. The Kier molecular flexibility index (Phi) is 4.35. The van der Waals surface area contributed by atoms with Crippen LogP contribution in [-0.2, 0) is 11.8 Å². The number of rotatable bonds is 4. The van der Waals surface area contributed by atoms with Crippen LogP contribution in [0.2, 0.25) is 0 Å². The van der Waals surface area contributed by atoms with Crippen molar-refractivity contribution in [1.29, 1.82) is 0 Å². The zero-order chi connectivity index (χ0) is 9.84. The number of alkyl halides is 1. The number of aromatic nitrogens is 1. The van der Waals surface area contributed by atoms with E-state index in [1.54, 1.807) is 0 Å². The van der Waals surface area contributed by atoms with Gasteiger partial charge in [-0.1, -0.05) is 15.9 Å². The first-order chi connectivity index (χ1) is 6.13. The molecule has 0 spiro atoms. The van der Waals surface area contributed by atoms with E-state index in [-0.39, 0.29) is 0 Å². The van der Waals surface area contributed by atoms with E-state index in [0.29, 0.717) is 0 Å². The average molecular weight is 263 g/mol. The van der Waals surface area contributed by atoms with Crippen molar-refractivity contribution in [2.24, 2.45) is 0 Å². The SMILES string of the molecule is Cc1nc(CCN(C)C)sc1CBr. The van der Waals surface area contributed by atoms with E-state index in [4.69, 9.17) is 0 Å². The molecule has 0 amide bonds. The second kappa shape index (κ2) is 5.08. The second-order valence-corrected chi connectivity index (χ2v) is 5.03. The van der Waals surface area contributed by atoms with Gasteiger partial charge in [0, 0.05) is 23.2 Å². The maximum absolute atomic E-state index is 4.52. The lowest BCUT2D eigenvalue weighted by Gasteiger charge is -2.06. The molecule has 1 aromatic rings. The number of hydrogen-bond donors (Lipinski definition) is 0. The van der Waals surface area contributed by atoms with Crippen molar-refractivity contribution >= 4 is 27.3 Å². The van der Waals surface area contributed by atoms with Gasteiger partial charge in [-0.25, -0.2) is 4.98 Å². The van der Waals surface area contributed by atoms with Gasteiger partial charge in [0.05, 0.1) is 10.7 Å². The molecule has 0 aliphatic carbocycles. The molecular weight excluding hydrogens is 248 g/mol. The largest absolute Gasteiger partial charge is 0.309 e. The van der Waals surface area contributed by atoms with Gasteiger partial charge >= 0.3 is 0 Å². The van der Waals surface area contributed by atoms with Crippen LogP contribution in [0.4, 0.5) is 0 Å². The molecule has 0 radical (unpaired) electrons. The Labute approximate surface area is 92.1 Å². The summed E-state index contributed by atoms with van der Waals surface area (Å²) in [6.07, 6.45) is 1.06. The van der Waals surface area contributed by atoms with Gasteiger partial charge in [0.2, 0.25) is 0 Å². The minimum absolute atomic E-state index is 0.929. The van der Waals surface area contributed by atoms with Crippen LogP contribution in [0.15, 0.2) is 0 Å². The highest BCUT2D eigenvalue weighted by Crippen LogP contribution is 2.20. The van der Waals surface area contributed by atoms with Crippen LogP contribution in [0.1, 0.15) is 15.6 Å². The van der Waals surface area contributed by atoms with Crippen molar-refractivity contribution in [2.45, 2.75) is 18.7 Å². The van der Waals surface area contributed by atoms with E-state index in [1.807, 2.05) is 11.3 Å². The van der Waals surface area contributed by atoms with Crippen LogP contribution in [0, 0.1) is 6.92 Å². The smallest absolute Gasteiger partial charge is 0.0944 e. The van der Waals surface area contributed by atoms with Crippen molar-refractivity contribution in [3.8, 4) is 0 Å². The van der Waals surface area contributed by atoms with E-state index in [0.717, 1.165) is 18.3 Å². The zero-order valence-corrected chi connectivity index (χ0v) is 10.7. The number of likely N-dealkylation sites (N-methyl/N-ethyl adjacent to an activating group) is 1. The fourth-order valence-corrected chi connectivity index (χ4v) is 2.70. The predicted octanol–water partition coefficient (Wildman–Crippen LogP) is 2.45. The third-order valence-electron chi connectivity index (χ3n) is 1.83. The summed E-state index contributed by atoms with van der Waals surface area (Å²) in [5.74, 6) is 0. The molecule has 0 unspecified atom stereocenters. The van der Waals surface area contributed by atoms with Gasteiger partial charge in [-0.2, -0.15) is 0 Å². The number of thiazole rings is 1. The molecule has 1 heterocycles. The molecule has 0 aromatic carbocycles. The fraction of sp³-hybridized carbons (Fsp3) is 0.667. The van der Waals surface area contributed by atoms with Crippen molar-refractivity contribution in [3.63, 3.8) is 0 Å². The summed E-state index contributed by atoms with van der Waals surface area (Å²) in [6, 6.07) is 0. The van der Waals surface area contributed by atoms with Gasteiger partial charge in [0.1, 0.15) is 0 Å². The molecule has 13 heavy (non-hydrogen) atoms. The number of nitrogens with zero attached hydrogens (tertiary/aromatic N) is 2. The summed E-state index contributed by atoms with van der Waals surface area (Å²) < 4.78 is 0. The molecule has 0 atom stereocenters. The van der Waals surface area contributed by atoms with Crippen molar-refractivity contribution in [3.05, 3.63) is 15.6 Å². The van der Waals surface area contributed by atoms with Gasteiger partial charge in [0.25, 0.3) is 0 Å². The van der Waals surface area contributed by atoms with Crippen LogP contribution in [0.3, 0.4) is 0 Å². The topological polar surface area (TPSA) is 16.1 Å². The predicted molar refractivity (Wildman–Crippen MR) is 61.7 cm³/mol. The first kappa shape index (κ1) is 11.1. The molecule has 0 N–H and O–H groups in total. The Morgan fingerprint density at radius 1 is 1.46 bits per heavy atom. The van der Waals surface area contributed by atoms with E-state index < -0.39 is 0 Å². The summed E-state index contributed by atoms with van der Waals surface area (Å²) in [5.41, 5.74) is 1.18. The minimum atomic E-state index is 0.929. The maximum atomic E-state index is 4.52. The molecular formula is C9H15BrN2S. The minimum Gasteiger partial charge on any atom is -0.309 e. The lowest BCUT2D eigenvalue weighted by atomic mass is 10.4. The lowest BCUT2D eigenvalue weighted by Crippen LogP contribution is -2.14. The summed E-state index contributed by atoms with van der Waals surface area (Å²) in [7, 11) is 4.18. The summed E-state index contributed by atoms with van der Waals surface area (Å²) >= 11 is 5.28. The van der Waals surface area contributed by atoms with Crippen LogP contribution in [0.25, 0.3) is 0 Å². The maximum Gasteiger partial charge on any atom is 0.0944 e. The number of aryl methyl sites for hydroxylation is 1. The lowest BCUT2D eigenvalue weighted by molar-refractivity contribution is 0.413. The fourth-order valence-electron chi connectivity index (χ4n) is 1.04. The van der Waals surface area contributed by atoms with Gasteiger partial charge in [-0.05, 0) is 21.0 Å². The molecule has 1 aromatic heterocycles. The molecule has 2 nitrogen and oxygen atoms in total. The van der Waals surface area contributed by atoms with Crippen LogP contribution >= 0.6 is 27.3 Å². The summed E-state index contributed by atoms with van der Waals surface area (Å²) in [6.45, 7) is 3.15. The normalized spacial score (nSPS) is 11.2. The molecule has 0 aliphatic rings. The standard InChI is InChI=1S/C9H15BrN2S/c1-7-8(6-10)13-9(11-7)4-5-12(2)3/h4-6H2,1-3H3. The molecule has 4 heteroatoms. The Bertz CT molecular complexity index is 271. The number of halogens is 1. The Morgan fingerprint density at radius 3 is 2.62 bits per heavy atom. The zero-order valence-electron chi connectivity index (χ0n) is 8.30. The highest BCUT2D eigenvalue weighted by Gasteiger charge is 2.05. The average Bonchev–Trinajstić information content (AvgIpc) is 2.43. The molecule has 0 saturated heterocycles. The Hall–Kier alpha value is 0.0700. The quantitative estimate of drug-likeness (QED) is 0.776. The van der Waals surface area contributed by atoms with E-state index >= 15 is 0 Å². The van der Waals surface area contributed by atoms with Gasteiger partial charge in [-0.3, -0.25) is 0 Å². The molecule has 74 valence electrons. The van der Waals surface area contributed by atoms with Crippen LogP contribution in [-0.4, -0.2) is 30.5 Å². The third-order valence-corrected chi connectivity index (χ3v) is 3.98. The van der Waals surface area contributed by atoms with Crippen LogP contribution < -0.4 is 0 Å². The van der Waals surface area contributed by atoms with Gasteiger partial charge in [0.15, 0.2) is 0 Å². The summed E-state index contributed by atoms with van der Waals surface area (Å²) in [5, 5.41) is 2.18. The molecule has 1 rings (SSSR count). The summed E-state index contributed by atoms with van der Waals surface area (Å²) in [4.78, 5) is 8.06. The molecule has 0 saturated carbocycles. The van der Waals surface area contributed by atoms with Crippen molar-refractivity contribution in [1.82, 2.24) is 9.88 Å². The molecule has 0 aliphatic heterocycles. The monoisotopic (exact) mass is 262 g/mol. The number of hydrogen-bond acceptors (Lipinski definition) is 3.